The Morgan fingerprint density at radius 3 is 2.67 bits per heavy atom. The maximum atomic E-state index is 13.6. The Labute approximate surface area is 178 Å². The maximum absolute atomic E-state index is 13.6. The van der Waals surface area contributed by atoms with E-state index in [-0.39, 0.29) is 11.3 Å². The van der Waals surface area contributed by atoms with E-state index in [9.17, 15) is 10.1 Å². The Balaban J connectivity index is 1.55. The third-order valence-electron chi connectivity index (χ3n) is 6.73. The lowest BCUT2D eigenvalue weighted by molar-refractivity contribution is -0.148. The number of amides is 1. The van der Waals surface area contributed by atoms with Gasteiger partial charge >= 0.3 is 0 Å². The molecule has 1 fully saturated rings. The van der Waals surface area contributed by atoms with Crippen molar-refractivity contribution in [3.05, 3.63) is 71.4 Å². The van der Waals surface area contributed by atoms with Gasteiger partial charge in [0.05, 0.1) is 12.5 Å². The lowest BCUT2D eigenvalue weighted by Gasteiger charge is -2.41. The topological polar surface area (TPSA) is 59.9 Å². The van der Waals surface area contributed by atoms with E-state index in [4.69, 9.17) is 0 Å². The zero-order chi connectivity index (χ0) is 21.0. The second-order valence-electron chi connectivity index (χ2n) is 8.41. The van der Waals surface area contributed by atoms with Crippen LogP contribution in [0.25, 0.3) is 10.9 Å². The van der Waals surface area contributed by atoms with Crippen molar-refractivity contribution in [3.8, 4) is 6.07 Å². The summed E-state index contributed by atoms with van der Waals surface area (Å²) >= 11 is 0. The molecule has 4 nitrogen and oxygen atoms in total. The van der Waals surface area contributed by atoms with Crippen LogP contribution in [-0.2, 0) is 24.2 Å². The normalized spacial score (nSPS) is 19.2. The summed E-state index contributed by atoms with van der Waals surface area (Å²) in [4.78, 5) is 19.1. The van der Waals surface area contributed by atoms with Crippen molar-refractivity contribution >= 4 is 16.8 Å². The van der Waals surface area contributed by atoms with Crippen molar-refractivity contribution in [1.82, 2.24) is 9.88 Å². The van der Waals surface area contributed by atoms with Crippen LogP contribution in [0.5, 0.6) is 0 Å². The molecule has 0 saturated carbocycles. The number of hydrogen-bond donors (Lipinski definition) is 1. The standard InChI is InChI=1S/C26H29N3O/c1-2-26(15-8-18-29(25(26)30)19-20-9-4-3-5-10-20)16-13-24-22(14-17-27)21-11-6-7-12-23(21)28-24/h3-7,9-12,28H,2,8,13-16,18-19H2,1H3. The number of aromatic nitrogens is 1. The number of hydrogen-bond acceptors (Lipinski definition) is 2. The Kier molecular flexibility index (Phi) is 5.90. The van der Waals surface area contributed by atoms with Gasteiger partial charge in [0.15, 0.2) is 0 Å². The second kappa shape index (κ2) is 8.75. The molecule has 2 heterocycles. The molecule has 0 bridgehead atoms. The summed E-state index contributed by atoms with van der Waals surface area (Å²) in [5, 5.41) is 10.5. The van der Waals surface area contributed by atoms with Crippen LogP contribution >= 0.6 is 0 Å². The number of fused-ring (bicyclic) bond motifs is 1. The number of aryl methyl sites for hydroxylation is 1. The lowest BCUT2D eigenvalue weighted by atomic mass is 9.73. The maximum Gasteiger partial charge on any atom is 0.229 e. The number of piperidine rings is 1. The summed E-state index contributed by atoms with van der Waals surface area (Å²) in [5.41, 5.74) is 4.14. The molecule has 1 N–H and O–H groups in total. The van der Waals surface area contributed by atoms with Gasteiger partial charge in [-0.15, -0.1) is 0 Å². The molecule has 1 atom stereocenters. The van der Waals surface area contributed by atoms with Crippen LogP contribution in [0.15, 0.2) is 54.6 Å². The van der Waals surface area contributed by atoms with E-state index >= 15 is 0 Å². The first-order valence-corrected chi connectivity index (χ1v) is 11.0. The van der Waals surface area contributed by atoms with E-state index in [0.29, 0.717) is 13.0 Å². The number of para-hydroxylation sites is 1. The first kappa shape index (κ1) is 20.2. The van der Waals surface area contributed by atoms with E-state index in [1.807, 2.05) is 35.2 Å². The van der Waals surface area contributed by atoms with E-state index in [0.717, 1.165) is 60.8 Å². The molecular weight excluding hydrogens is 370 g/mol. The molecule has 30 heavy (non-hydrogen) atoms. The van der Waals surface area contributed by atoms with Crippen molar-refractivity contribution < 1.29 is 4.79 Å². The molecule has 1 unspecified atom stereocenters. The minimum atomic E-state index is -0.311. The predicted octanol–water partition coefficient (Wildman–Crippen LogP) is 5.39. The van der Waals surface area contributed by atoms with E-state index < -0.39 is 0 Å². The van der Waals surface area contributed by atoms with Crippen molar-refractivity contribution in [2.45, 2.75) is 52.0 Å². The van der Waals surface area contributed by atoms with Gasteiger partial charge in [0, 0.05) is 35.1 Å². The summed E-state index contributed by atoms with van der Waals surface area (Å²) < 4.78 is 0. The van der Waals surface area contributed by atoms with Gasteiger partial charge in [0.2, 0.25) is 5.91 Å². The number of nitrogens with one attached hydrogen (secondary N) is 1. The van der Waals surface area contributed by atoms with Gasteiger partial charge in [-0.3, -0.25) is 4.79 Å². The third kappa shape index (κ3) is 3.85. The van der Waals surface area contributed by atoms with Crippen LogP contribution in [0.2, 0.25) is 0 Å². The molecule has 1 amide bonds. The largest absolute Gasteiger partial charge is 0.358 e. The number of likely N-dealkylation sites (tertiary alicyclic amines) is 1. The summed E-state index contributed by atoms with van der Waals surface area (Å²) in [6, 6.07) is 20.7. The smallest absolute Gasteiger partial charge is 0.229 e. The molecular formula is C26H29N3O. The highest BCUT2D eigenvalue weighted by atomic mass is 16.2. The van der Waals surface area contributed by atoms with Crippen LogP contribution in [0.1, 0.15) is 49.4 Å². The highest BCUT2D eigenvalue weighted by molar-refractivity contribution is 5.85. The molecule has 3 aromatic rings. The number of benzene rings is 2. The third-order valence-corrected chi connectivity index (χ3v) is 6.73. The van der Waals surface area contributed by atoms with Crippen LogP contribution in [0, 0.1) is 16.7 Å². The van der Waals surface area contributed by atoms with Gasteiger partial charge in [0.1, 0.15) is 0 Å². The number of rotatable bonds is 7. The Morgan fingerprint density at radius 1 is 1.13 bits per heavy atom. The van der Waals surface area contributed by atoms with Crippen molar-refractivity contribution in [3.63, 3.8) is 0 Å². The van der Waals surface area contributed by atoms with Gasteiger partial charge in [-0.25, -0.2) is 0 Å². The number of aromatic amines is 1. The molecule has 2 aromatic carbocycles. The zero-order valence-corrected chi connectivity index (χ0v) is 17.7. The summed E-state index contributed by atoms with van der Waals surface area (Å²) in [6.45, 7) is 3.67. The minimum absolute atomic E-state index is 0.290. The van der Waals surface area contributed by atoms with Gasteiger partial charge < -0.3 is 9.88 Å². The molecule has 0 aliphatic carbocycles. The Bertz CT molecular complexity index is 1060. The van der Waals surface area contributed by atoms with Crippen molar-refractivity contribution in [2.75, 3.05) is 6.54 Å². The number of nitriles is 1. The quantitative estimate of drug-likeness (QED) is 0.579. The number of nitrogens with zero attached hydrogens (tertiary/aromatic N) is 2. The van der Waals surface area contributed by atoms with E-state index in [2.05, 4.69) is 42.2 Å². The highest BCUT2D eigenvalue weighted by Gasteiger charge is 2.42. The summed E-state index contributed by atoms with van der Waals surface area (Å²) in [7, 11) is 0. The fourth-order valence-corrected chi connectivity index (χ4v) is 4.96. The van der Waals surface area contributed by atoms with Crippen LogP contribution in [0.4, 0.5) is 0 Å². The Morgan fingerprint density at radius 2 is 1.90 bits per heavy atom. The minimum Gasteiger partial charge on any atom is -0.358 e. The second-order valence-corrected chi connectivity index (χ2v) is 8.41. The molecule has 0 radical (unpaired) electrons. The molecule has 1 aliphatic heterocycles. The predicted molar refractivity (Wildman–Crippen MR) is 120 cm³/mol. The van der Waals surface area contributed by atoms with Gasteiger partial charge in [-0.05, 0) is 49.3 Å². The average Bonchev–Trinajstić information content (AvgIpc) is 3.13. The number of H-pyrrole nitrogens is 1. The fourth-order valence-electron chi connectivity index (χ4n) is 4.96. The molecule has 1 saturated heterocycles. The summed E-state index contributed by atoms with van der Waals surface area (Å²) in [6.07, 6.45) is 4.85. The fraction of sp³-hybridized carbons (Fsp3) is 0.385. The van der Waals surface area contributed by atoms with Crippen molar-refractivity contribution in [2.24, 2.45) is 5.41 Å². The molecule has 1 aliphatic rings. The van der Waals surface area contributed by atoms with Gasteiger partial charge in [-0.1, -0.05) is 55.5 Å². The number of carbonyl (C=O) groups excluding carboxylic acids is 1. The van der Waals surface area contributed by atoms with Crippen LogP contribution < -0.4 is 0 Å². The van der Waals surface area contributed by atoms with Gasteiger partial charge in [0.25, 0.3) is 0 Å². The first-order valence-electron chi connectivity index (χ1n) is 11.0. The summed E-state index contributed by atoms with van der Waals surface area (Å²) in [5.74, 6) is 0.290. The Hall–Kier alpha value is -3.06. The first-order chi connectivity index (χ1) is 14.7. The molecule has 0 spiro atoms. The molecule has 1 aromatic heterocycles. The van der Waals surface area contributed by atoms with E-state index in [1.54, 1.807) is 0 Å². The average molecular weight is 400 g/mol. The van der Waals surface area contributed by atoms with Crippen LogP contribution in [-0.4, -0.2) is 22.3 Å². The van der Waals surface area contributed by atoms with Gasteiger partial charge in [-0.2, -0.15) is 5.26 Å². The molecule has 4 heteroatoms. The van der Waals surface area contributed by atoms with Crippen molar-refractivity contribution in [1.29, 1.82) is 5.26 Å². The van der Waals surface area contributed by atoms with E-state index in [1.165, 1.54) is 5.56 Å². The molecule has 154 valence electrons. The SMILES string of the molecule is CCC1(CCc2[nH]c3ccccc3c2CC#N)CCCN(Cc2ccccc2)C1=O. The monoisotopic (exact) mass is 399 g/mol. The lowest BCUT2D eigenvalue weighted by Crippen LogP contribution is -2.48. The molecule has 4 rings (SSSR count). The number of carbonyl (C=O) groups is 1. The van der Waals surface area contributed by atoms with Crippen LogP contribution in [0.3, 0.4) is 0 Å². The zero-order valence-electron chi connectivity index (χ0n) is 17.7. The highest BCUT2D eigenvalue weighted by Crippen LogP contribution is 2.40.